The molecule has 0 atom stereocenters. The van der Waals surface area contributed by atoms with Gasteiger partial charge >= 0.3 is 6.09 Å². The number of carbonyl (C=O) groups excluding carboxylic acids is 1. The predicted molar refractivity (Wildman–Crippen MR) is 95.2 cm³/mol. The van der Waals surface area contributed by atoms with Gasteiger partial charge in [0.15, 0.2) is 0 Å². The molecule has 0 bridgehead atoms. The van der Waals surface area contributed by atoms with Crippen molar-refractivity contribution in [2.45, 2.75) is 19.3 Å². The van der Waals surface area contributed by atoms with Crippen LogP contribution in [0.1, 0.15) is 17.5 Å². The van der Waals surface area contributed by atoms with Crippen LogP contribution in [-0.2, 0) is 17.6 Å². The van der Waals surface area contributed by atoms with Crippen molar-refractivity contribution < 1.29 is 19.0 Å². The minimum atomic E-state index is -0.399. The van der Waals surface area contributed by atoms with Crippen molar-refractivity contribution in [3.05, 3.63) is 53.9 Å². The van der Waals surface area contributed by atoms with E-state index in [4.69, 9.17) is 14.2 Å². The summed E-state index contributed by atoms with van der Waals surface area (Å²) >= 11 is 0. The molecule has 2 aromatic rings. The first kappa shape index (κ1) is 18.6. The number of amides is 1. The smallest absolute Gasteiger partial charge is 0.407 e. The van der Waals surface area contributed by atoms with Gasteiger partial charge in [-0.2, -0.15) is 0 Å². The second-order valence-electron chi connectivity index (χ2n) is 5.49. The van der Waals surface area contributed by atoms with E-state index in [1.807, 2.05) is 30.3 Å². The lowest BCUT2D eigenvalue weighted by Gasteiger charge is -2.10. The van der Waals surface area contributed by atoms with Gasteiger partial charge in [-0.15, -0.1) is 0 Å². The zero-order valence-electron chi connectivity index (χ0n) is 14.7. The molecular formula is C19H24N2O4. The van der Waals surface area contributed by atoms with Crippen LogP contribution < -0.4 is 14.8 Å². The van der Waals surface area contributed by atoms with Crippen molar-refractivity contribution >= 4 is 6.09 Å². The Labute approximate surface area is 148 Å². The summed E-state index contributed by atoms with van der Waals surface area (Å²) in [6, 6.07) is 9.58. The van der Waals surface area contributed by atoms with Crippen LogP contribution in [0.2, 0.25) is 0 Å². The average Bonchev–Trinajstić information content (AvgIpc) is 2.65. The zero-order valence-corrected chi connectivity index (χ0v) is 14.7. The molecule has 0 aliphatic rings. The molecule has 1 amide bonds. The number of ether oxygens (including phenoxy) is 3. The molecule has 6 nitrogen and oxygen atoms in total. The molecule has 1 heterocycles. The lowest BCUT2D eigenvalue weighted by molar-refractivity contribution is 0.145. The Balaban J connectivity index is 1.65. The van der Waals surface area contributed by atoms with Gasteiger partial charge in [0, 0.05) is 25.0 Å². The number of carbonyl (C=O) groups is 1. The molecule has 6 heteroatoms. The summed E-state index contributed by atoms with van der Waals surface area (Å²) in [5.74, 6) is 1.46. The normalized spacial score (nSPS) is 10.2. The Morgan fingerprint density at radius 3 is 2.32 bits per heavy atom. The summed E-state index contributed by atoms with van der Waals surface area (Å²) in [6.45, 7) is 0.876. The van der Waals surface area contributed by atoms with E-state index in [0.29, 0.717) is 19.6 Å². The summed E-state index contributed by atoms with van der Waals surface area (Å²) in [6.07, 6.45) is 5.43. The third kappa shape index (κ3) is 6.71. The number of aryl methyl sites for hydroxylation is 1. The maximum atomic E-state index is 11.7. The van der Waals surface area contributed by atoms with Crippen molar-refractivity contribution in [3.8, 4) is 11.5 Å². The quantitative estimate of drug-likeness (QED) is 0.708. The van der Waals surface area contributed by atoms with Gasteiger partial charge in [0.05, 0.1) is 20.8 Å². The van der Waals surface area contributed by atoms with Gasteiger partial charge in [0.2, 0.25) is 0 Å². The van der Waals surface area contributed by atoms with Gasteiger partial charge in [-0.25, -0.2) is 4.79 Å². The van der Waals surface area contributed by atoms with E-state index in [9.17, 15) is 4.79 Å². The van der Waals surface area contributed by atoms with Crippen molar-refractivity contribution in [1.29, 1.82) is 0 Å². The van der Waals surface area contributed by atoms with Crippen LogP contribution in [0.3, 0.4) is 0 Å². The maximum absolute atomic E-state index is 11.7. The topological polar surface area (TPSA) is 69.7 Å². The van der Waals surface area contributed by atoms with Crippen molar-refractivity contribution in [2.24, 2.45) is 0 Å². The largest absolute Gasteiger partial charge is 0.497 e. The highest BCUT2D eigenvalue weighted by atomic mass is 16.5. The third-order valence-corrected chi connectivity index (χ3v) is 3.69. The lowest BCUT2D eigenvalue weighted by atomic mass is 10.1. The van der Waals surface area contributed by atoms with Gasteiger partial charge in [0.25, 0.3) is 0 Å². The summed E-state index contributed by atoms with van der Waals surface area (Å²) < 4.78 is 15.6. The first-order valence-electron chi connectivity index (χ1n) is 8.22. The molecule has 2 rings (SSSR count). The number of rotatable bonds is 9. The van der Waals surface area contributed by atoms with Crippen LogP contribution in [0.25, 0.3) is 0 Å². The Hall–Kier alpha value is -2.76. The number of alkyl carbamates (subject to hydrolysis) is 1. The highest BCUT2D eigenvalue weighted by Crippen LogP contribution is 2.22. The second kappa shape index (κ2) is 10.2. The fraction of sp³-hybridized carbons (Fsp3) is 0.368. The molecule has 0 radical (unpaired) electrons. The molecule has 1 aromatic carbocycles. The Morgan fingerprint density at radius 2 is 1.68 bits per heavy atom. The molecule has 25 heavy (non-hydrogen) atoms. The molecule has 0 saturated carbocycles. The highest BCUT2D eigenvalue weighted by Gasteiger charge is 2.05. The molecule has 0 unspecified atom stereocenters. The maximum Gasteiger partial charge on any atom is 0.407 e. The molecular weight excluding hydrogens is 320 g/mol. The van der Waals surface area contributed by atoms with Gasteiger partial charge in [0.1, 0.15) is 11.5 Å². The monoisotopic (exact) mass is 344 g/mol. The molecule has 0 spiro atoms. The number of hydrogen-bond donors (Lipinski definition) is 1. The van der Waals surface area contributed by atoms with E-state index in [-0.39, 0.29) is 0 Å². The van der Waals surface area contributed by atoms with Crippen LogP contribution in [0.15, 0.2) is 42.7 Å². The molecule has 1 N–H and O–H groups in total. The van der Waals surface area contributed by atoms with E-state index in [1.54, 1.807) is 26.6 Å². The van der Waals surface area contributed by atoms with Crippen LogP contribution in [0.5, 0.6) is 11.5 Å². The third-order valence-electron chi connectivity index (χ3n) is 3.69. The number of nitrogens with zero attached hydrogens (tertiary/aromatic N) is 1. The van der Waals surface area contributed by atoms with Crippen LogP contribution >= 0.6 is 0 Å². The van der Waals surface area contributed by atoms with Crippen molar-refractivity contribution in [3.63, 3.8) is 0 Å². The zero-order chi connectivity index (χ0) is 17.9. The van der Waals surface area contributed by atoms with Gasteiger partial charge in [-0.05, 0) is 54.7 Å². The Kier molecular flexibility index (Phi) is 7.56. The minimum absolute atomic E-state index is 0.390. The molecule has 0 fully saturated rings. The molecule has 1 aromatic heterocycles. The van der Waals surface area contributed by atoms with Gasteiger partial charge in [-0.1, -0.05) is 0 Å². The van der Waals surface area contributed by atoms with Crippen molar-refractivity contribution in [1.82, 2.24) is 10.3 Å². The first-order chi connectivity index (χ1) is 12.2. The number of nitrogens with one attached hydrogen (secondary N) is 1. The van der Waals surface area contributed by atoms with E-state index in [2.05, 4.69) is 10.3 Å². The van der Waals surface area contributed by atoms with Crippen molar-refractivity contribution in [2.75, 3.05) is 27.4 Å². The summed E-state index contributed by atoms with van der Waals surface area (Å²) in [5.41, 5.74) is 2.21. The minimum Gasteiger partial charge on any atom is -0.497 e. The first-order valence-corrected chi connectivity index (χ1v) is 8.22. The number of methoxy groups -OCH3 is 2. The predicted octanol–water partition coefficient (Wildman–Crippen LogP) is 3.00. The highest BCUT2D eigenvalue weighted by molar-refractivity contribution is 5.67. The van der Waals surface area contributed by atoms with Gasteiger partial charge < -0.3 is 19.5 Å². The summed E-state index contributed by atoms with van der Waals surface area (Å²) in [7, 11) is 3.22. The summed E-state index contributed by atoms with van der Waals surface area (Å²) in [4.78, 5) is 15.7. The number of benzene rings is 1. The number of aromatic nitrogens is 1. The second-order valence-corrected chi connectivity index (χ2v) is 5.49. The lowest BCUT2D eigenvalue weighted by Crippen LogP contribution is -2.26. The molecule has 0 aliphatic heterocycles. The molecule has 0 aliphatic carbocycles. The number of hydrogen-bond acceptors (Lipinski definition) is 5. The Bertz CT molecular complexity index is 639. The fourth-order valence-corrected chi connectivity index (χ4v) is 2.36. The summed E-state index contributed by atoms with van der Waals surface area (Å²) in [5, 5.41) is 2.75. The molecule has 0 saturated heterocycles. The van der Waals surface area contributed by atoms with Crippen LogP contribution in [0.4, 0.5) is 4.79 Å². The van der Waals surface area contributed by atoms with Crippen LogP contribution in [0, 0.1) is 0 Å². The van der Waals surface area contributed by atoms with E-state index in [0.717, 1.165) is 29.9 Å². The standard InChI is InChI=1S/C19H24N2O4/c1-23-17-12-16(13-18(14-17)24-2)7-10-21-19(22)25-11-3-4-15-5-8-20-9-6-15/h5-6,8-9,12-14H,3-4,7,10-11H2,1-2H3,(H,21,22). The number of pyridine rings is 1. The van der Waals surface area contributed by atoms with E-state index < -0.39 is 6.09 Å². The average molecular weight is 344 g/mol. The molecule has 134 valence electrons. The fourth-order valence-electron chi connectivity index (χ4n) is 2.36. The van der Waals surface area contributed by atoms with Crippen LogP contribution in [-0.4, -0.2) is 38.4 Å². The SMILES string of the molecule is COc1cc(CCNC(=O)OCCCc2ccncc2)cc(OC)c1. The van der Waals surface area contributed by atoms with E-state index in [1.165, 1.54) is 5.56 Å². The Morgan fingerprint density at radius 1 is 1.00 bits per heavy atom. The van der Waals surface area contributed by atoms with Gasteiger partial charge in [-0.3, -0.25) is 4.98 Å². The van der Waals surface area contributed by atoms with E-state index >= 15 is 0 Å².